The van der Waals surface area contributed by atoms with Gasteiger partial charge in [0.2, 0.25) is 5.91 Å². The monoisotopic (exact) mass is 440 g/mol. The molecule has 6 nitrogen and oxygen atoms in total. The van der Waals surface area contributed by atoms with E-state index in [4.69, 9.17) is 0 Å². The molecule has 4 rings (SSSR count). The van der Waals surface area contributed by atoms with Gasteiger partial charge in [-0.25, -0.2) is 0 Å². The Hall–Kier alpha value is -2.67. The number of carbonyl (C=O) groups excluding carboxylic acids is 2. The zero-order valence-electron chi connectivity index (χ0n) is 17.7. The van der Waals surface area contributed by atoms with Gasteiger partial charge in [0.15, 0.2) is 0 Å². The summed E-state index contributed by atoms with van der Waals surface area (Å²) in [5.74, 6) is -2.58. The van der Waals surface area contributed by atoms with Crippen LogP contribution in [0.3, 0.4) is 0 Å². The van der Waals surface area contributed by atoms with E-state index in [1.807, 2.05) is 31.2 Å². The van der Waals surface area contributed by atoms with Crippen LogP contribution < -0.4 is 10.6 Å². The molecule has 0 aliphatic heterocycles. The summed E-state index contributed by atoms with van der Waals surface area (Å²) in [4.78, 5) is 38.9. The van der Waals surface area contributed by atoms with Gasteiger partial charge < -0.3 is 15.7 Å². The minimum atomic E-state index is -0.912. The number of anilines is 1. The van der Waals surface area contributed by atoms with E-state index in [9.17, 15) is 19.5 Å². The standard InChI is InChI=1S/C24H28N2O4S/c1-14-9-11-15(12-10-14)13-25-22(28)20-18-7-4-8-19(18)31-23(20)26-21(27)16-5-2-3-6-17(16)24(29)30/h9-12,16-17H,2-8,13H2,1H3,(H,25,28)(H,26,27)(H,29,30)/t16-,17+/m0/s1. The van der Waals surface area contributed by atoms with Crippen molar-refractivity contribution in [2.45, 2.75) is 58.4 Å². The number of fused-ring (bicyclic) bond motifs is 1. The molecular formula is C24H28N2O4S. The second-order valence-corrected chi connectivity index (χ2v) is 9.66. The maximum absolute atomic E-state index is 13.1. The lowest BCUT2D eigenvalue weighted by Gasteiger charge is -2.27. The summed E-state index contributed by atoms with van der Waals surface area (Å²) in [6.07, 6.45) is 5.54. The van der Waals surface area contributed by atoms with Crippen LogP contribution in [-0.2, 0) is 29.0 Å². The Labute approximate surface area is 186 Å². The van der Waals surface area contributed by atoms with E-state index < -0.39 is 17.8 Å². The topological polar surface area (TPSA) is 95.5 Å². The first kappa shape index (κ1) is 21.6. The van der Waals surface area contributed by atoms with Gasteiger partial charge in [-0.15, -0.1) is 11.3 Å². The second-order valence-electron chi connectivity index (χ2n) is 8.55. The van der Waals surface area contributed by atoms with Gasteiger partial charge in [-0.05, 0) is 50.2 Å². The van der Waals surface area contributed by atoms with Crippen LogP contribution in [0.15, 0.2) is 24.3 Å². The first-order chi connectivity index (χ1) is 14.9. The molecule has 3 N–H and O–H groups in total. The lowest BCUT2D eigenvalue weighted by molar-refractivity contribution is -0.147. The third-order valence-corrected chi connectivity index (χ3v) is 7.59. The van der Waals surface area contributed by atoms with E-state index in [1.54, 1.807) is 0 Å². The Balaban J connectivity index is 1.52. The molecule has 31 heavy (non-hydrogen) atoms. The molecule has 0 radical (unpaired) electrons. The number of hydrogen-bond donors (Lipinski definition) is 3. The van der Waals surface area contributed by atoms with Gasteiger partial charge in [-0.2, -0.15) is 0 Å². The van der Waals surface area contributed by atoms with Crippen LogP contribution in [0.5, 0.6) is 0 Å². The first-order valence-electron chi connectivity index (χ1n) is 11.0. The molecule has 1 aromatic heterocycles. The summed E-state index contributed by atoms with van der Waals surface area (Å²) in [6.45, 7) is 2.44. The number of benzene rings is 1. The molecule has 164 valence electrons. The SMILES string of the molecule is Cc1ccc(CNC(=O)c2c(NC(=O)[C@H]3CCCC[C@H]3C(=O)O)sc3c2CCC3)cc1. The molecule has 2 aliphatic carbocycles. The molecule has 1 fully saturated rings. The number of rotatable bonds is 6. The largest absolute Gasteiger partial charge is 0.481 e. The maximum Gasteiger partial charge on any atom is 0.307 e. The summed E-state index contributed by atoms with van der Waals surface area (Å²) < 4.78 is 0. The van der Waals surface area contributed by atoms with Gasteiger partial charge in [0.1, 0.15) is 5.00 Å². The average molecular weight is 441 g/mol. The lowest BCUT2D eigenvalue weighted by Crippen LogP contribution is -2.36. The van der Waals surface area contributed by atoms with Gasteiger partial charge in [0.25, 0.3) is 5.91 Å². The summed E-state index contributed by atoms with van der Waals surface area (Å²) >= 11 is 1.46. The fourth-order valence-electron chi connectivity index (χ4n) is 4.65. The molecule has 2 aromatic rings. The summed E-state index contributed by atoms with van der Waals surface area (Å²) in [7, 11) is 0. The van der Waals surface area contributed by atoms with Crippen molar-refractivity contribution in [1.29, 1.82) is 0 Å². The van der Waals surface area contributed by atoms with Crippen LogP contribution >= 0.6 is 11.3 Å². The summed E-state index contributed by atoms with van der Waals surface area (Å²) in [6, 6.07) is 8.01. The number of carbonyl (C=O) groups is 3. The number of thiophene rings is 1. The van der Waals surface area contributed by atoms with Gasteiger partial charge in [0.05, 0.1) is 17.4 Å². The van der Waals surface area contributed by atoms with Crippen LogP contribution in [0.2, 0.25) is 0 Å². The molecule has 0 bridgehead atoms. The van der Waals surface area contributed by atoms with Crippen LogP contribution in [0, 0.1) is 18.8 Å². The van der Waals surface area contributed by atoms with Crippen molar-refractivity contribution >= 4 is 34.1 Å². The smallest absolute Gasteiger partial charge is 0.307 e. The van der Waals surface area contributed by atoms with Crippen molar-refractivity contribution in [3.63, 3.8) is 0 Å². The highest BCUT2D eigenvalue weighted by atomic mass is 32.1. The van der Waals surface area contributed by atoms with Gasteiger partial charge in [-0.3, -0.25) is 14.4 Å². The molecule has 2 amide bonds. The normalized spacial score (nSPS) is 20.2. The fourth-order valence-corrected chi connectivity index (χ4v) is 5.94. The van der Waals surface area contributed by atoms with Crippen LogP contribution in [0.1, 0.15) is 64.0 Å². The van der Waals surface area contributed by atoms with Crippen molar-refractivity contribution < 1.29 is 19.5 Å². The van der Waals surface area contributed by atoms with E-state index in [0.29, 0.717) is 30.0 Å². The van der Waals surface area contributed by atoms with Crippen LogP contribution in [-0.4, -0.2) is 22.9 Å². The molecule has 2 atom stereocenters. The van der Waals surface area contributed by atoms with Gasteiger partial charge in [0, 0.05) is 11.4 Å². The lowest BCUT2D eigenvalue weighted by atomic mass is 9.79. The van der Waals surface area contributed by atoms with E-state index in [1.165, 1.54) is 11.3 Å². The molecule has 0 spiro atoms. The van der Waals surface area contributed by atoms with Crippen LogP contribution in [0.4, 0.5) is 5.00 Å². The Morgan fingerprint density at radius 3 is 2.45 bits per heavy atom. The van der Waals surface area contributed by atoms with Crippen molar-refractivity contribution in [3.05, 3.63) is 51.4 Å². The maximum atomic E-state index is 13.1. The van der Waals surface area contributed by atoms with E-state index in [0.717, 1.165) is 53.7 Å². The number of aryl methyl sites for hydroxylation is 2. The molecule has 1 heterocycles. The van der Waals surface area contributed by atoms with Crippen molar-refractivity contribution in [3.8, 4) is 0 Å². The molecule has 2 aliphatic rings. The quantitative estimate of drug-likeness (QED) is 0.624. The summed E-state index contributed by atoms with van der Waals surface area (Å²) in [5.41, 5.74) is 3.77. The average Bonchev–Trinajstić information content (AvgIpc) is 3.34. The fraction of sp³-hybridized carbons (Fsp3) is 0.458. The number of nitrogens with one attached hydrogen (secondary N) is 2. The molecular weight excluding hydrogens is 412 g/mol. The highest BCUT2D eigenvalue weighted by Gasteiger charge is 2.37. The molecule has 1 saturated carbocycles. The van der Waals surface area contributed by atoms with Gasteiger partial charge in [-0.1, -0.05) is 42.7 Å². The molecule has 1 aromatic carbocycles. The zero-order valence-corrected chi connectivity index (χ0v) is 18.5. The second kappa shape index (κ2) is 9.22. The van der Waals surface area contributed by atoms with Crippen molar-refractivity contribution in [2.75, 3.05) is 5.32 Å². The highest BCUT2D eigenvalue weighted by Crippen LogP contribution is 2.40. The van der Waals surface area contributed by atoms with E-state index in [-0.39, 0.29) is 11.8 Å². The third kappa shape index (κ3) is 4.66. The number of carboxylic acid groups (broad SMARTS) is 1. The Morgan fingerprint density at radius 1 is 1.03 bits per heavy atom. The zero-order chi connectivity index (χ0) is 22.0. The summed E-state index contributed by atoms with van der Waals surface area (Å²) in [5, 5.41) is 16.0. The number of hydrogen-bond acceptors (Lipinski definition) is 4. The predicted molar refractivity (Wildman–Crippen MR) is 120 cm³/mol. The molecule has 0 unspecified atom stereocenters. The molecule has 0 saturated heterocycles. The number of amides is 2. The third-order valence-electron chi connectivity index (χ3n) is 6.38. The van der Waals surface area contributed by atoms with Gasteiger partial charge >= 0.3 is 5.97 Å². The van der Waals surface area contributed by atoms with E-state index >= 15 is 0 Å². The minimum absolute atomic E-state index is 0.186. The van der Waals surface area contributed by atoms with Crippen LogP contribution in [0.25, 0.3) is 0 Å². The van der Waals surface area contributed by atoms with Crippen molar-refractivity contribution in [2.24, 2.45) is 11.8 Å². The Morgan fingerprint density at radius 2 is 1.74 bits per heavy atom. The Kier molecular flexibility index (Phi) is 6.41. The number of carboxylic acids is 1. The van der Waals surface area contributed by atoms with Crippen molar-refractivity contribution in [1.82, 2.24) is 5.32 Å². The first-order valence-corrected chi connectivity index (χ1v) is 11.8. The predicted octanol–water partition coefficient (Wildman–Crippen LogP) is 4.30. The van der Waals surface area contributed by atoms with E-state index in [2.05, 4.69) is 10.6 Å². The molecule has 7 heteroatoms. The number of aliphatic carboxylic acids is 1. The highest BCUT2D eigenvalue weighted by molar-refractivity contribution is 7.17. The minimum Gasteiger partial charge on any atom is -0.481 e. The Bertz CT molecular complexity index is 996.